The predicted octanol–water partition coefficient (Wildman–Crippen LogP) is 4.76. The molecule has 1 N–H and O–H groups in total. The second kappa shape index (κ2) is 9.10. The van der Waals surface area contributed by atoms with Gasteiger partial charge in [0.15, 0.2) is 0 Å². The van der Waals surface area contributed by atoms with E-state index in [9.17, 15) is 4.79 Å². The second-order valence-corrected chi connectivity index (χ2v) is 8.13. The number of benzene rings is 3. The van der Waals surface area contributed by atoms with Crippen molar-refractivity contribution in [1.82, 2.24) is 14.9 Å². The maximum Gasteiger partial charge on any atom is 0.251 e. The van der Waals surface area contributed by atoms with Gasteiger partial charge in [0.2, 0.25) is 0 Å². The molecule has 0 saturated heterocycles. The Labute approximate surface area is 188 Å². The average molecular weight is 423 g/mol. The highest BCUT2D eigenvalue weighted by molar-refractivity contribution is 5.94. The van der Waals surface area contributed by atoms with Gasteiger partial charge in [0.1, 0.15) is 0 Å². The van der Waals surface area contributed by atoms with Crippen molar-refractivity contribution in [3.8, 4) is 5.69 Å². The molecule has 1 aromatic heterocycles. The number of amides is 1. The third-order valence-corrected chi connectivity index (χ3v) is 6.01. The molecule has 5 rings (SSSR count). The van der Waals surface area contributed by atoms with E-state index in [1.807, 2.05) is 47.2 Å². The number of nitrogens with zero attached hydrogens (tertiary/aromatic N) is 3. The summed E-state index contributed by atoms with van der Waals surface area (Å²) in [7, 11) is 0. The molecule has 1 aliphatic rings. The summed E-state index contributed by atoms with van der Waals surface area (Å²) < 4.78 is 1.95. The Bertz CT molecular complexity index is 1200. The van der Waals surface area contributed by atoms with Gasteiger partial charge in [-0.2, -0.15) is 0 Å². The zero-order chi connectivity index (χ0) is 21.8. The lowest BCUT2D eigenvalue weighted by molar-refractivity contribution is 0.0951. The first-order valence-electron chi connectivity index (χ1n) is 11.0. The summed E-state index contributed by atoms with van der Waals surface area (Å²) in [5.41, 5.74) is 6.70. The van der Waals surface area contributed by atoms with E-state index in [-0.39, 0.29) is 5.91 Å². The van der Waals surface area contributed by atoms with Gasteiger partial charge in [-0.1, -0.05) is 48.5 Å². The Kier molecular flexibility index (Phi) is 5.71. The Balaban J connectivity index is 1.23. The summed E-state index contributed by atoms with van der Waals surface area (Å²) in [5.74, 6) is -0.0692. The van der Waals surface area contributed by atoms with Crippen LogP contribution in [0.1, 0.15) is 33.5 Å². The largest absolute Gasteiger partial charge is 0.367 e. The monoisotopic (exact) mass is 422 g/mol. The number of hydrogen-bond donors (Lipinski definition) is 1. The molecule has 0 radical (unpaired) electrons. The fourth-order valence-electron chi connectivity index (χ4n) is 4.35. The summed E-state index contributed by atoms with van der Waals surface area (Å²) in [6.45, 7) is 2.38. The van der Waals surface area contributed by atoms with Crippen LogP contribution in [0.15, 0.2) is 91.5 Å². The van der Waals surface area contributed by atoms with Crippen molar-refractivity contribution >= 4 is 11.6 Å². The third kappa shape index (κ3) is 4.28. The molecule has 5 nitrogen and oxygen atoms in total. The van der Waals surface area contributed by atoms with Gasteiger partial charge in [-0.15, -0.1) is 0 Å². The van der Waals surface area contributed by atoms with Gasteiger partial charge in [-0.05, 0) is 53.8 Å². The van der Waals surface area contributed by atoms with E-state index in [2.05, 4.69) is 51.6 Å². The van der Waals surface area contributed by atoms with Crippen LogP contribution in [-0.2, 0) is 19.5 Å². The quantitative estimate of drug-likeness (QED) is 0.488. The number of aromatic nitrogens is 2. The molecular weight excluding hydrogens is 396 g/mol. The summed E-state index contributed by atoms with van der Waals surface area (Å²) in [6, 6.07) is 24.6. The zero-order valence-electron chi connectivity index (χ0n) is 17.9. The average Bonchev–Trinajstić information content (AvgIpc) is 3.38. The molecule has 1 amide bonds. The number of imidazole rings is 1. The van der Waals surface area contributed by atoms with E-state index in [1.54, 1.807) is 12.5 Å². The van der Waals surface area contributed by atoms with Crippen molar-refractivity contribution < 1.29 is 4.79 Å². The Morgan fingerprint density at radius 2 is 1.72 bits per heavy atom. The lowest BCUT2D eigenvalue weighted by atomic mass is 10.0. The van der Waals surface area contributed by atoms with E-state index in [0.717, 1.165) is 30.8 Å². The summed E-state index contributed by atoms with van der Waals surface area (Å²) in [5, 5.41) is 3.05. The fourth-order valence-corrected chi connectivity index (χ4v) is 4.35. The van der Waals surface area contributed by atoms with Crippen molar-refractivity contribution in [2.75, 3.05) is 11.4 Å². The molecule has 2 heterocycles. The molecule has 0 saturated carbocycles. The SMILES string of the molecule is O=C(NCc1ccccc1-n1ccnc1)c1ccc(CN2CCCc3ccccc32)cc1. The van der Waals surface area contributed by atoms with Gasteiger partial charge in [0.05, 0.1) is 12.0 Å². The minimum Gasteiger partial charge on any atom is -0.367 e. The number of hydrogen-bond acceptors (Lipinski definition) is 3. The first-order chi connectivity index (χ1) is 15.8. The number of anilines is 1. The number of rotatable bonds is 6. The van der Waals surface area contributed by atoms with Crippen LogP contribution >= 0.6 is 0 Å². The van der Waals surface area contributed by atoms with Crippen molar-refractivity contribution in [3.63, 3.8) is 0 Å². The van der Waals surface area contributed by atoms with Gasteiger partial charge >= 0.3 is 0 Å². The fraction of sp³-hybridized carbons (Fsp3) is 0.185. The smallest absolute Gasteiger partial charge is 0.251 e. The molecular formula is C27H26N4O. The van der Waals surface area contributed by atoms with Gasteiger partial charge in [-0.25, -0.2) is 4.98 Å². The number of aryl methyl sites for hydroxylation is 1. The van der Waals surface area contributed by atoms with E-state index >= 15 is 0 Å². The minimum absolute atomic E-state index is 0.0692. The topological polar surface area (TPSA) is 50.2 Å². The maximum absolute atomic E-state index is 12.7. The highest BCUT2D eigenvalue weighted by Gasteiger charge is 2.16. The van der Waals surface area contributed by atoms with Gasteiger partial charge in [-0.3, -0.25) is 4.79 Å². The molecule has 32 heavy (non-hydrogen) atoms. The number of para-hydroxylation sites is 2. The number of fused-ring (bicyclic) bond motifs is 1. The van der Waals surface area contributed by atoms with Crippen LogP contribution in [0.5, 0.6) is 0 Å². The van der Waals surface area contributed by atoms with Crippen molar-refractivity contribution in [2.45, 2.75) is 25.9 Å². The van der Waals surface area contributed by atoms with E-state index in [1.165, 1.54) is 23.2 Å². The van der Waals surface area contributed by atoms with Crippen molar-refractivity contribution in [1.29, 1.82) is 0 Å². The number of carbonyl (C=O) groups is 1. The molecule has 5 heteroatoms. The summed E-state index contributed by atoms with van der Waals surface area (Å²) in [6.07, 6.45) is 7.74. The standard InChI is InChI=1S/C27H26N4O/c32-27(29-18-24-7-2-4-10-26(24)31-17-15-28-20-31)23-13-11-21(12-14-23)19-30-16-5-8-22-6-1-3-9-25(22)30/h1-4,6-7,9-15,17,20H,5,8,16,18-19H2,(H,29,32). The van der Waals surface area contributed by atoms with Crippen LogP contribution in [0.25, 0.3) is 5.69 Å². The molecule has 0 spiro atoms. The van der Waals surface area contributed by atoms with Crippen LogP contribution in [0, 0.1) is 0 Å². The van der Waals surface area contributed by atoms with Crippen LogP contribution in [-0.4, -0.2) is 22.0 Å². The molecule has 0 fully saturated rings. The molecule has 0 aliphatic carbocycles. The maximum atomic E-state index is 12.7. The normalized spacial score (nSPS) is 12.9. The zero-order valence-corrected chi connectivity index (χ0v) is 17.9. The van der Waals surface area contributed by atoms with E-state index < -0.39 is 0 Å². The first-order valence-corrected chi connectivity index (χ1v) is 11.0. The minimum atomic E-state index is -0.0692. The Morgan fingerprint density at radius 3 is 2.53 bits per heavy atom. The molecule has 0 unspecified atom stereocenters. The van der Waals surface area contributed by atoms with Crippen LogP contribution in [0.2, 0.25) is 0 Å². The van der Waals surface area contributed by atoms with Crippen LogP contribution in [0.3, 0.4) is 0 Å². The van der Waals surface area contributed by atoms with Gasteiger partial charge in [0.25, 0.3) is 5.91 Å². The number of carbonyl (C=O) groups excluding carboxylic acids is 1. The van der Waals surface area contributed by atoms with E-state index in [4.69, 9.17) is 0 Å². The third-order valence-electron chi connectivity index (χ3n) is 6.01. The lowest BCUT2D eigenvalue weighted by Gasteiger charge is -2.31. The first kappa shape index (κ1) is 20.1. The molecule has 1 aliphatic heterocycles. The van der Waals surface area contributed by atoms with Gasteiger partial charge < -0.3 is 14.8 Å². The van der Waals surface area contributed by atoms with Gasteiger partial charge in [0, 0.05) is 43.3 Å². The summed E-state index contributed by atoms with van der Waals surface area (Å²) >= 11 is 0. The molecule has 0 atom stereocenters. The number of nitrogens with one attached hydrogen (secondary N) is 1. The van der Waals surface area contributed by atoms with E-state index in [0.29, 0.717) is 12.1 Å². The summed E-state index contributed by atoms with van der Waals surface area (Å²) in [4.78, 5) is 19.3. The molecule has 160 valence electrons. The molecule has 0 bridgehead atoms. The van der Waals surface area contributed by atoms with Crippen LogP contribution in [0.4, 0.5) is 5.69 Å². The Morgan fingerprint density at radius 1 is 0.938 bits per heavy atom. The lowest BCUT2D eigenvalue weighted by Crippen LogP contribution is -2.28. The molecule has 4 aromatic rings. The Hall–Kier alpha value is -3.86. The predicted molar refractivity (Wildman–Crippen MR) is 127 cm³/mol. The highest BCUT2D eigenvalue weighted by atomic mass is 16.1. The van der Waals surface area contributed by atoms with Crippen molar-refractivity contribution in [3.05, 3.63) is 114 Å². The van der Waals surface area contributed by atoms with Crippen LogP contribution < -0.4 is 10.2 Å². The second-order valence-electron chi connectivity index (χ2n) is 8.13. The highest BCUT2D eigenvalue weighted by Crippen LogP contribution is 2.28. The molecule has 3 aromatic carbocycles. The van der Waals surface area contributed by atoms with Crippen molar-refractivity contribution in [2.24, 2.45) is 0 Å².